The third kappa shape index (κ3) is 3.37. The summed E-state index contributed by atoms with van der Waals surface area (Å²) in [6.07, 6.45) is 0.430. The third-order valence-corrected chi connectivity index (χ3v) is 4.15. The number of anilines is 1. The molecule has 1 atom stereocenters. The Hall–Kier alpha value is -3.88. The summed E-state index contributed by atoms with van der Waals surface area (Å²) in [4.78, 5) is 21.5. The minimum atomic E-state index is -0.893. The molecule has 2 aromatic carbocycles. The molecule has 0 aliphatic carbocycles. The number of halogens is 1. The largest absolute Gasteiger partial charge is 0.497 e. The average Bonchev–Trinajstić information content (AvgIpc) is 2.69. The molecule has 1 aromatic heterocycles. The number of benzene rings is 2. The number of guanidine groups is 2. The van der Waals surface area contributed by atoms with Gasteiger partial charge in [-0.25, -0.2) is 14.4 Å². The number of hydrogen-bond acceptors (Lipinski definition) is 8. The Labute approximate surface area is 158 Å². The Balaban J connectivity index is 1.71. The molecule has 3 aromatic rings. The second kappa shape index (κ2) is 7.03. The summed E-state index contributed by atoms with van der Waals surface area (Å²) in [5, 5.41) is 6.10. The Kier molecular flexibility index (Phi) is 4.40. The van der Waals surface area contributed by atoms with Gasteiger partial charge in [-0.05, 0) is 42.5 Å². The van der Waals surface area contributed by atoms with Crippen molar-refractivity contribution in [2.24, 2.45) is 15.7 Å². The van der Waals surface area contributed by atoms with Crippen molar-refractivity contribution < 1.29 is 13.5 Å². The van der Waals surface area contributed by atoms with Crippen LogP contribution in [0.5, 0.6) is 5.75 Å². The van der Waals surface area contributed by atoms with Gasteiger partial charge >= 0.3 is 0 Å². The van der Waals surface area contributed by atoms with Gasteiger partial charge in [0.2, 0.25) is 5.96 Å². The Morgan fingerprint density at radius 2 is 2.00 bits per heavy atom. The number of hydrogen-bond donors (Lipinski definition) is 3. The molecule has 8 nitrogen and oxygen atoms in total. The first-order valence-corrected chi connectivity index (χ1v) is 8.33. The lowest BCUT2D eigenvalue weighted by Gasteiger charge is -2.20. The Bertz CT molecular complexity index is 1150. The van der Waals surface area contributed by atoms with E-state index < -0.39 is 6.17 Å². The van der Waals surface area contributed by atoms with Crippen molar-refractivity contribution in [3.63, 3.8) is 0 Å². The summed E-state index contributed by atoms with van der Waals surface area (Å²) in [7, 11) is 1.52. The zero-order chi connectivity index (χ0) is 19.7. The minimum absolute atomic E-state index is 0.0785. The second-order valence-corrected chi connectivity index (χ2v) is 6.00. The van der Waals surface area contributed by atoms with Gasteiger partial charge in [-0.3, -0.25) is 10.1 Å². The van der Waals surface area contributed by atoms with E-state index in [1.54, 1.807) is 30.3 Å². The molecular formula is C19H16FN5O3. The maximum Gasteiger partial charge on any atom is 0.205 e. The van der Waals surface area contributed by atoms with Crippen molar-refractivity contribution in [1.29, 1.82) is 0 Å². The van der Waals surface area contributed by atoms with E-state index in [9.17, 15) is 9.18 Å². The molecule has 0 bridgehead atoms. The summed E-state index contributed by atoms with van der Waals surface area (Å²) in [5.74, 6) is 0.531. The highest BCUT2D eigenvalue weighted by molar-refractivity contribution is 6.06. The van der Waals surface area contributed by atoms with Gasteiger partial charge < -0.3 is 20.2 Å². The van der Waals surface area contributed by atoms with E-state index >= 15 is 0 Å². The van der Waals surface area contributed by atoms with Crippen molar-refractivity contribution >= 4 is 28.6 Å². The van der Waals surface area contributed by atoms with Crippen LogP contribution < -0.4 is 26.5 Å². The molecule has 0 unspecified atom stereocenters. The standard InChI is InChI=1S/C19H16FN5O3/c1-27-12-6-7-15-13(8-12)16(26)14(9-28-15)17-23-18(21)25-19(24-17)22-11-4-2-10(20)3-5-11/h2-9,17H,1H3,(H4,21,22,23,24,25)/t17-/m0/s1. The van der Waals surface area contributed by atoms with E-state index in [-0.39, 0.29) is 28.7 Å². The summed E-state index contributed by atoms with van der Waals surface area (Å²) < 4.78 is 23.8. The summed E-state index contributed by atoms with van der Waals surface area (Å²) >= 11 is 0. The molecule has 9 heteroatoms. The molecule has 4 rings (SSSR count). The highest BCUT2D eigenvalue weighted by atomic mass is 19.1. The fraction of sp³-hybridized carbons (Fsp3) is 0.105. The molecule has 1 aliphatic rings. The number of aliphatic imine (C=N–C) groups is 2. The third-order valence-electron chi connectivity index (χ3n) is 4.15. The normalized spacial score (nSPS) is 16.1. The van der Waals surface area contributed by atoms with Crippen molar-refractivity contribution in [3.05, 3.63) is 70.3 Å². The monoisotopic (exact) mass is 381 g/mol. The predicted octanol–water partition coefficient (Wildman–Crippen LogP) is 2.33. The molecule has 0 amide bonds. The molecule has 0 saturated carbocycles. The van der Waals surface area contributed by atoms with E-state index in [1.165, 1.54) is 25.5 Å². The molecule has 142 valence electrons. The maximum absolute atomic E-state index is 13.1. The smallest absolute Gasteiger partial charge is 0.205 e. The summed E-state index contributed by atoms with van der Waals surface area (Å²) in [6.45, 7) is 0. The molecule has 1 aliphatic heterocycles. The Morgan fingerprint density at radius 3 is 2.75 bits per heavy atom. The molecule has 0 fully saturated rings. The van der Waals surface area contributed by atoms with Crippen LogP contribution in [0, 0.1) is 5.82 Å². The first-order chi connectivity index (χ1) is 13.5. The summed E-state index contributed by atoms with van der Waals surface area (Å²) in [6, 6.07) is 10.7. The highest BCUT2D eigenvalue weighted by Gasteiger charge is 2.22. The lowest BCUT2D eigenvalue weighted by Crippen LogP contribution is -2.44. The molecule has 4 N–H and O–H groups in total. The van der Waals surface area contributed by atoms with Gasteiger partial charge in [-0.2, -0.15) is 0 Å². The van der Waals surface area contributed by atoms with Crippen LogP contribution in [0.1, 0.15) is 11.7 Å². The predicted molar refractivity (Wildman–Crippen MR) is 104 cm³/mol. The molecule has 0 radical (unpaired) electrons. The zero-order valence-corrected chi connectivity index (χ0v) is 14.8. The van der Waals surface area contributed by atoms with Crippen LogP contribution in [0.25, 0.3) is 11.0 Å². The summed E-state index contributed by atoms with van der Waals surface area (Å²) in [5.41, 5.74) is 6.81. The van der Waals surface area contributed by atoms with Gasteiger partial charge in [0, 0.05) is 5.69 Å². The van der Waals surface area contributed by atoms with Gasteiger partial charge in [-0.15, -0.1) is 0 Å². The first kappa shape index (κ1) is 17.5. The van der Waals surface area contributed by atoms with E-state index in [0.29, 0.717) is 22.4 Å². The topological polar surface area (TPSA) is 114 Å². The lowest BCUT2D eigenvalue weighted by molar-refractivity contribution is 0.415. The molecule has 0 saturated heterocycles. The second-order valence-electron chi connectivity index (χ2n) is 6.00. The van der Waals surface area contributed by atoms with E-state index in [2.05, 4.69) is 20.6 Å². The number of nitrogens with two attached hydrogens (primary N) is 1. The molecule has 0 spiro atoms. The number of nitrogens with one attached hydrogen (secondary N) is 2. The van der Waals surface area contributed by atoms with Crippen molar-refractivity contribution in [3.8, 4) is 5.75 Å². The zero-order valence-electron chi connectivity index (χ0n) is 14.8. The lowest BCUT2D eigenvalue weighted by atomic mass is 10.1. The molecular weight excluding hydrogens is 365 g/mol. The van der Waals surface area contributed by atoms with Gasteiger partial charge in [0.25, 0.3) is 0 Å². The number of fused-ring (bicyclic) bond motifs is 1. The van der Waals surface area contributed by atoms with Crippen LogP contribution in [0.3, 0.4) is 0 Å². The first-order valence-electron chi connectivity index (χ1n) is 8.33. The van der Waals surface area contributed by atoms with Crippen LogP contribution in [-0.2, 0) is 0 Å². The van der Waals surface area contributed by atoms with Crippen LogP contribution in [-0.4, -0.2) is 19.0 Å². The van der Waals surface area contributed by atoms with E-state index in [0.717, 1.165) is 0 Å². The molecule has 2 heterocycles. The fourth-order valence-corrected chi connectivity index (χ4v) is 2.77. The van der Waals surface area contributed by atoms with Crippen LogP contribution in [0.2, 0.25) is 0 Å². The number of ether oxygens (including phenoxy) is 1. The molecule has 28 heavy (non-hydrogen) atoms. The Morgan fingerprint density at radius 1 is 1.21 bits per heavy atom. The average molecular weight is 381 g/mol. The van der Waals surface area contributed by atoms with Crippen molar-refractivity contribution in [2.75, 3.05) is 12.4 Å². The van der Waals surface area contributed by atoms with Crippen molar-refractivity contribution in [1.82, 2.24) is 5.32 Å². The van der Waals surface area contributed by atoms with E-state index in [1.807, 2.05) is 0 Å². The fourth-order valence-electron chi connectivity index (χ4n) is 2.77. The van der Waals surface area contributed by atoms with Gasteiger partial charge in [0.1, 0.15) is 23.4 Å². The minimum Gasteiger partial charge on any atom is -0.497 e. The quantitative estimate of drug-likeness (QED) is 0.642. The maximum atomic E-state index is 13.1. The van der Waals surface area contributed by atoms with Gasteiger partial charge in [0.15, 0.2) is 17.6 Å². The van der Waals surface area contributed by atoms with Gasteiger partial charge in [0.05, 0.1) is 18.1 Å². The van der Waals surface area contributed by atoms with Crippen LogP contribution >= 0.6 is 0 Å². The number of nitrogens with zero attached hydrogens (tertiary/aromatic N) is 2. The SMILES string of the molecule is COc1ccc2occ([C@H]3N=C(N)NC(Nc4ccc(F)cc4)=N3)c(=O)c2c1. The number of methoxy groups -OCH3 is 1. The van der Waals surface area contributed by atoms with Crippen LogP contribution in [0.4, 0.5) is 10.1 Å². The number of rotatable bonds is 3. The van der Waals surface area contributed by atoms with Crippen LogP contribution in [0.15, 0.2) is 67.9 Å². The van der Waals surface area contributed by atoms with Gasteiger partial charge in [-0.1, -0.05) is 0 Å². The van der Waals surface area contributed by atoms with E-state index in [4.69, 9.17) is 14.9 Å². The van der Waals surface area contributed by atoms with Crippen molar-refractivity contribution in [2.45, 2.75) is 6.17 Å². The highest BCUT2D eigenvalue weighted by Crippen LogP contribution is 2.23.